The Kier molecular flexibility index (Phi) is 3.82. The fourth-order valence-electron chi connectivity index (χ4n) is 2.74. The van der Waals surface area contributed by atoms with Crippen LogP contribution in [0.4, 0.5) is 0 Å². The highest BCUT2D eigenvalue weighted by Crippen LogP contribution is 2.28. The number of esters is 1. The minimum atomic E-state index is -0.485. The summed E-state index contributed by atoms with van der Waals surface area (Å²) in [5.74, 6) is 1.19. The molecule has 0 amide bonds. The van der Waals surface area contributed by atoms with Crippen LogP contribution in [-0.4, -0.2) is 25.6 Å². The molecule has 0 atom stereocenters. The van der Waals surface area contributed by atoms with Gasteiger partial charge in [-0.3, -0.25) is 0 Å². The van der Waals surface area contributed by atoms with Gasteiger partial charge in [-0.2, -0.15) is 0 Å². The van der Waals surface area contributed by atoms with E-state index in [-0.39, 0.29) is 11.6 Å². The molecule has 0 radical (unpaired) electrons. The Balaban J connectivity index is 1.67. The molecular weight excluding hydrogens is 318 g/mol. The van der Waals surface area contributed by atoms with Crippen LogP contribution in [0.3, 0.4) is 0 Å². The zero-order valence-electron chi connectivity index (χ0n) is 13.6. The largest absolute Gasteiger partial charge is 0.496 e. The number of methoxy groups -OCH3 is 1. The van der Waals surface area contributed by atoms with Gasteiger partial charge in [-0.1, -0.05) is 30.3 Å². The quantitative estimate of drug-likeness (QED) is 0.638. The molecule has 0 aromatic heterocycles. The van der Waals surface area contributed by atoms with Gasteiger partial charge in [-0.25, -0.2) is 9.79 Å². The third-order valence-electron chi connectivity index (χ3n) is 3.93. The maximum atomic E-state index is 12.2. The van der Waals surface area contributed by atoms with E-state index in [9.17, 15) is 4.79 Å². The van der Waals surface area contributed by atoms with Crippen LogP contribution in [0.5, 0.6) is 11.5 Å². The van der Waals surface area contributed by atoms with Crippen molar-refractivity contribution in [3.8, 4) is 11.5 Å². The zero-order valence-corrected chi connectivity index (χ0v) is 13.6. The minimum Gasteiger partial charge on any atom is -0.496 e. The van der Waals surface area contributed by atoms with E-state index >= 15 is 0 Å². The summed E-state index contributed by atoms with van der Waals surface area (Å²) in [7, 11) is 1.56. The number of cyclic esters (lactones) is 1. The van der Waals surface area contributed by atoms with Crippen molar-refractivity contribution in [3.05, 3.63) is 77.0 Å². The van der Waals surface area contributed by atoms with Gasteiger partial charge >= 0.3 is 5.97 Å². The first-order chi connectivity index (χ1) is 12.2. The van der Waals surface area contributed by atoms with E-state index in [0.29, 0.717) is 17.9 Å². The lowest BCUT2D eigenvalue weighted by atomic mass is 10.1. The van der Waals surface area contributed by atoms with Gasteiger partial charge in [-0.15, -0.1) is 0 Å². The standard InChI is InChI=1S/C20H15NO4/c1-23-18-9-5-3-7-15(18)19-21-16(20(22)25-19)11-13-10-14-6-2-4-8-17(14)24-12-13/h2-11H,12H2,1H3/b16-11-. The number of aliphatic imine (C=N–C) groups is 1. The van der Waals surface area contributed by atoms with Crippen molar-refractivity contribution in [1.29, 1.82) is 0 Å². The summed E-state index contributed by atoms with van der Waals surface area (Å²) in [4.78, 5) is 16.5. The topological polar surface area (TPSA) is 57.1 Å². The van der Waals surface area contributed by atoms with Crippen molar-refractivity contribution in [2.24, 2.45) is 4.99 Å². The Hall–Kier alpha value is -3.34. The Morgan fingerprint density at radius 2 is 1.92 bits per heavy atom. The van der Waals surface area contributed by atoms with Gasteiger partial charge in [0.2, 0.25) is 5.90 Å². The van der Waals surface area contributed by atoms with E-state index < -0.39 is 5.97 Å². The Labute approximate surface area is 144 Å². The van der Waals surface area contributed by atoms with Crippen molar-refractivity contribution >= 4 is 17.9 Å². The lowest BCUT2D eigenvalue weighted by Crippen LogP contribution is -2.08. The van der Waals surface area contributed by atoms with Crippen molar-refractivity contribution < 1.29 is 19.0 Å². The summed E-state index contributed by atoms with van der Waals surface area (Å²) in [5.41, 5.74) is 2.72. The predicted molar refractivity (Wildman–Crippen MR) is 93.6 cm³/mol. The van der Waals surface area contributed by atoms with Crippen LogP contribution in [0, 0.1) is 0 Å². The number of carbonyl (C=O) groups is 1. The van der Waals surface area contributed by atoms with E-state index in [1.165, 1.54) is 0 Å². The Morgan fingerprint density at radius 3 is 2.80 bits per heavy atom. The number of carbonyl (C=O) groups excluding carboxylic acids is 1. The number of hydrogen-bond acceptors (Lipinski definition) is 5. The molecule has 0 fully saturated rings. The third kappa shape index (κ3) is 2.92. The van der Waals surface area contributed by atoms with E-state index in [4.69, 9.17) is 14.2 Å². The monoisotopic (exact) mass is 333 g/mol. The first-order valence-electron chi connectivity index (χ1n) is 7.83. The SMILES string of the molecule is COc1ccccc1C1=N/C(=C\C2=Cc3ccccc3OC2)C(=O)O1. The summed E-state index contributed by atoms with van der Waals surface area (Å²) in [6, 6.07) is 15.0. The second-order valence-corrected chi connectivity index (χ2v) is 5.58. The van der Waals surface area contributed by atoms with E-state index in [2.05, 4.69) is 4.99 Å². The fourth-order valence-corrected chi connectivity index (χ4v) is 2.74. The average Bonchev–Trinajstić information content (AvgIpc) is 3.02. The summed E-state index contributed by atoms with van der Waals surface area (Å²) >= 11 is 0. The molecule has 0 N–H and O–H groups in total. The highest BCUT2D eigenvalue weighted by Gasteiger charge is 2.26. The van der Waals surface area contributed by atoms with Crippen LogP contribution in [0.2, 0.25) is 0 Å². The van der Waals surface area contributed by atoms with E-state index in [1.807, 2.05) is 42.5 Å². The van der Waals surface area contributed by atoms with Crippen LogP contribution in [-0.2, 0) is 9.53 Å². The Morgan fingerprint density at radius 1 is 1.12 bits per heavy atom. The van der Waals surface area contributed by atoms with Crippen LogP contribution in [0.1, 0.15) is 11.1 Å². The first kappa shape index (κ1) is 15.2. The van der Waals surface area contributed by atoms with Crippen LogP contribution in [0.15, 0.2) is 70.9 Å². The van der Waals surface area contributed by atoms with Gasteiger partial charge in [0.05, 0.1) is 12.7 Å². The molecule has 2 aromatic carbocycles. The van der Waals surface area contributed by atoms with Crippen LogP contribution in [0.25, 0.3) is 6.08 Å². The van der Waals surface area contributed by atoms with Gasteiger partial charge in [-0.05, 0) is 35.9 Å². The second kappa shape index (κ2) is 6.28. The molecule has 5 nitrogen and oxygen atoms in total. The molecular formula is C20H15NO4. The molecule has 0 aliphatic carbocycles. The molecule has 2 heterocycles. The molecule has 0 saturated heterocycles. The number of benzene rings is 2. The smallest absolute Gasteiger partial charge is 0.363 e. The molecule has 4 rings (SSSR count). The molecule has 25 heavy (non-hydrogen) atoms. The normalized spacial score (nSPS) is 17.3. The predicted octanol–water partition coefficient (Wildman–Crippen LogP) is 3.36. The lowest BCUT2D eigenvalue weighted by molar-refractivity contribution is -0.130. The van der Waals surface area contributed by atoms with Crippen molar-refractivity contribution in [3.63, 3.8) is 0 Å². The molecule has 2 aromatic rings. The van der Waals surface area contributed by atoms with Crippen LogP contribution < -0.4 is 9.47 Å². The van der Waals surface area contributed by atoms with Gasteiger partial charge < -0.3 is 14.2 Å². The van der Waals surface area contributed by atoms with Crippen molar-refractivity contribution in [2.45, 2.75) is 0 Å². The first-order valence-corrected chi connectivity index (χ1v) is 7.83. The van der Waals surface area contributed by atoms with Crippen molar-refractivity contribution in [1.82, 2.24) is 0 Å². The number of fused-ring (bicyclic) bond motifs is 1. The second-order valence-electron chi connectivity index (χ2n) is 5.58. The average molecular weight is 333 g/mol. The maximum absolute atomic E-state index is 12.2. The summed E-state index contributed by atoms with van der Waals surface area (Å²) in [6.45, 7) is 0.382. The number of ether oxygens (including phenoxy) is 3. The van der Waals surface area contributed by atoms with Gasteiger partial charge in [0, 0.05) is 5.56 Å². The number of rotatable bonds is 3. The number of para-hydroxylation sites is 2. The minimum absolute atomic E-state index is 0.242. The fraction of sp³-hybridized carbons (Fsp3) is 0.100. The molecule has 0 unspecified atom stereocenters. The lowest BCUT2D eigenvalue weighted by Gasteiger charge is -2.15. The molecule has 0 saturated carbocycles. The number of hydrogen-bond donors (Lipinski definition) is 0. The summed E-state index contributed by atoms with van der Waals surface area (Å²) < 4.78 is 16.3. The zero-order chi connectivity index (χ0) is 17.2. The Bertz CT molecular complexity index is 940. The van der Waals surface area contributed by atoms with Gasteiger partial charge in [0.25, 0.3) is 0 Å². The van der Waals surface area contributed by atoms with E-state index in [0.717, 1.165) is 16.9 Å². The highest BCUT2D eigenvalue weighted by molar-refractivity contribution is 6.12. The molecule has 2 aliphatic rings. The van der Waals surface area contributed by atoms with Gasteiger partial charge in [0.15, 0.2) is 5.70 Å². The van der Waals surface area contributed by atoms with Crippen LogP contribution >= 0.6 is 0 Å². The van der Waals surface area contributed by atoms with E-state index in [1.54, 1.807) is 25.3 Å². The summed E-state index contributed by atoms with van der Waals surface area (Å²) in [6.07, 6.45) is 3.68. The van der Waals surface area contributed by atoms with Gasteiger partial charge in [0.1, 0.15) is 18.1 Å². The van der Waals surface area contributed by atoms with Crippen molar-refractivity contribution in [2.75, 3.05) is 13.7 Å². The highest BCUT2D eigenvalue weighted by atomic mass is 16.6. The third-order valence-corrected chi connectivity index (χ3v) is 3.93. The molecule has 124 valence electrons. The molecule has 0 spiro atoms. The maximum Gasteiger partial charge on any atom is 0.363 e. The molecule has 0 bridgehead atoms. The molecule has 2 aliphatic heterocycles. The summed E-state index contributed by atoms with van der Waals surface area (Å²) in [5, 5.41) is 0. The number of nitrogens with zero attached hydrogens (tertiary/aromatic N) is 1. The molecule has 5 heteroatoms.